The molecule has 0 bridgehead atoms. The van der Waals surface area contributed by atoms with Crippen LogP contribution in [0.5, 0.6) is 17.2 Å². The van der Waals surface area contributed by atoms with Crippen molar-refractivity contribution in [2.75, 3.05) is 31.5 Å². The summed E-state index contributed by atoms with van der Waals surface area (Å²) in [6, 6.07) is 26.0. The number of aliphatic hydroxyl groups excluding tert-OH is 1. The topological polar surface area (TPSA) is 108 Å². The summed E-state index contributed by atoms with van der Waals surface area (Å²) in [5.74, 6) is 0.804. The Bertz CT molecular complexity index is 1740. The molecule has 0 aliphatic carbocycles. The Balaban J connectivity index is 1.34. The molecule has 0 radical (unpaired) electrons. The monoisotopic (exact) mass is 647 g/mol. The van der Waals surface area contributed by atoms with Gasteiger partial charge < -0.3 is 19.5 Å². The molecule has 3 atom stereocenters. The van der Waals surface area contributed by atoms with Crippen molar-refractivity contribution in [1.29, 1.82) is 0 Å². The van der Waals surface area contributed by atoms with E-state index in [0.717, 1.165) is 29.2 Å². The molecule has 0 spiro atoms. The zero-order valence-corrected chi connectivity index (χ0v) is 26.8. The Morgan fingerprint density at radius 3 is 2.37 bits per heavy atom. The fourth-order valence-electron chi connectivity index (χ4n) is 5.30. The molecule has 0 fully saturated rings. The lowest BCUT2D eigenvalue weighted by Gasteiger charge is -2.38. The number of aliphatic hydroxyl groups is 1. The lowest BCUT2D eigenvalue weighted by molar-refractivity contribution is 0.0341. The number of para-hydroxylation sites is 1. The third-order valence-electron chi connectivity index (χ3n) is 7.89. The van der Waals surface area contributed by atoms with Crippen LogP contribution in [0.1, 0.15) is 29.8 Å². The third kappa shape index (κ3) is 8.03. The molecule has 11 heteroatoms. The summed E-state index contributed by atoms with van der Waals surface area (Å²) in [7, 11) is -2.05. The van der Waals surface area contributed by atoms with Crippen molar-refractivity contribution < 1.29 is 32.2 Å². The molecule has 0 aromatic heterocycles. The molecule has 1 heterocycles. The standard InChI is InChI=1S/C35H38FN3O6S/c1-24-20-39(25(2)23-40)35(41)32-19-28(37-46(42,43)31-16-11-27(36)12-17-31)13-18-33(32)45-34(24)22-38(3)21-26-9-14-30(15-10-26)44-29-7-5-4-6-8-29/h4-19,24-25,34,37,40H,20-23H2,1-3H3/t24-,25+,34-/m1/s1. The van der Waals surface area contributed by atoms with Crippen LogP contribution in [0.3, 0.4) is 0 Å². The first-order chi connectivity index (χ1) is 22.0. The van der Waals surface area contributed by atoms with Crippen LogP contribution in [0.25, 0.3) is 0 Å². The number of halogens is 1. The zero-order chi connectivity index (χ0) is 32.8. The van der Waals surface area contributed by atoms with Crippen LogP contribution in [0.4, 0.5) is 10.1 Å². The summed E-state index contributed by atoms with van der Waals surface area (Å²) >= 11 is 0. The molecule has 46 heavy (non-hydrogen) atoms. The lowest BCUT2D eigenvalue weighted by Crippen LogP contribution is -2.49. The molecule has 5 rings (SSSR count). The number of anilines is 1. The summed E-state index contributed by atoms with van der Waals surface area (Å²) in [6.07, 6.45) is -0.326. The van der Waals surface area contributed by atoms with E-state index in [0.29, 0.717) is 25.4 Å². The number of nitrogens with one attached hydrogen (secondary N) is 1. The van der Waals surface area contributed by atoms with E-state index in [1.54, 1.807) is 17.9 Å². The predicted molar refractivity (Wildman–Crippen MR) is 174 cm³/mol. The Labute approximate surface area is 269 Å². The van der Waals surface area contributed by atoms with Crippen LogP contribution in [0.15, 0.2) is 102 Å². The number of hydrogen-bond acceptors (Lipinski definition) is 7. The third-order valence-corrected chi connectivity index (χ3v) is 9.28. The van der Waals surface area contributed by atoms with Crippen LogP contribution in [0.2, 0.25) is 0 Å². The normalized spacial score (nSPS) is 17.4. The highest BCUT2D eigenvalue weighted by Gasteiger charge is 2.34. The summed E-state index contributed by atoms with van der Waals surface area (Å²) in [5, 5.41) is 9.97. The molecule has 2 N–H and O–H groups in total. The van der Waals surface area contributed by atoms with Crippen molar-refractivity contribution in [3.8, 4) is 17.2 Å². The van der Waals surface area contributed by atoms with Crippen LogP contribution in [0, 0.1) is 11.7 Å². The number of carbonyl (C=O) groups is 1. The minimum absolute atomic E-state index is 0.0909. The minimum atomic E-state index is -4.05. The smallest absolute Gasteiger partial charge is 0.261 e. The van der Waals surface area contributed by atoms with Crippen molar-refractivity contribution in [1.82, 2.24) is 9.80 Å². The van der Waals surface area contributed by atoms with E-state index < -0.39 is 21.9 Å². The van der Waals surface area contributed by atoms with Gasteiger partial charge in [-0.3, -0.25) is 14.4 Å². The molecule has 4 aromatic carbocycles. The number of hydrogen-bond donors (Lipinski definition) is 2. The number of fused-ring (bicyclic) bond motifs is 1. The van der Waals surface area contributed by atoms with Crippen molar-refractivity contribution in [3.63, 3.8) is 0 Å². The first-order valence-electron chi connectivity index (χ1n) is 15.0. The summed E-state index contributed by atoms with van der Waals surface area (Å²) in [4.78, 5) is 17.4. The minimum Gasteiger partial charge on any atom is -0.488 e. The van der Waals surface area contributed by atoms with Gasteiger partial charge in [-0.25, -0.2) is 12.8 Å². The van der Waals surface area contributed by atoms with E-state index in [9.17, 15) is 22.7 Å². The van der Waals surface area contributed by atoms with E-state index in [-0.39, 0.29) is 40.7 Å². The number of carbonyl (C=O) groups excluding carboxylic acids is 1. The Kier molecular flexibility index (Phi) is 10.3. The second-order valence-electron chi connectivity index (χ2n) is 11.6. The van der Waals surface area contributed by atoms with Crippen LogP contribution < -0.4 is 14.2 Å². The fraction of sp³-hybridized carbons (Fsp3) is 0.286. The summed E-state index contributed by atoms with van der Waals surface area (Å²) < 4.78 is 54.1. The molecule has 1 aliphatic rings. The van der Waals surface area contributed by atoms with Gasteiger partial charge in [-0.2, -0.15) is 0 Å². The molecular weight excluding hydrogens is 609 g/mol. The van der Waals surface area contributed by atoms with Crippen molar-refractivity contribution in [2.45, 2.75) is 37.4 Å². The maximum Gasteiger partial charge on any atom is 0.261 e. The molecular formula is C35H38FN3O6S. The number of benzene rings is 4. The summed E-state index contributed by atoms with van der Waals surface area (Å²) in [5.41, 5.74) is 1.41. The van der Waals surface area contributed by atoms with E-state index in [1.807, 2.05) is 68.6 Å². The maximum absolute atomic E-state index is 13.8. The van der Waals surface area contributed by atoms with Gasteiger partial charge in [0.25, 0.3) is 15.9 Å². The SMILES string of the molecule is C[C@@H]1CN([C@@H](C)CO)C(=O)c2cc(NS(=O)(=O)c3ccc(F)cc3)ccc2O[C@@H]1CN(C)Cc1ccc(Oc2ccccc2)cc1. The average Bonchev–Trinajstić information content (AvgIpc) is 3.04. The molecule has 0 saturated heterocycles. The van der Waals surface area contributed by atoms with Crippen LogP contribution >= 0.6 is 0 Å². The van der Waals surface area contributed by atoms with Gasteiger partial charge in [0.15, 0.2) is 0 Å². The number of nitrogens with zero attached hydrogens (tertiary/aromatic N) is 2. The Morgan fingerprint density at radius 2 is 1.70 bits per heavy atom. The van der Waals surface area contributed by atoms with E-state index >= 15 is 0 Å². The highest BCUT2D eigenvalue weighted by Crippen LogP contribution is 2.32. The lowest BCUT2D eigenvalue weighted by atomic mass is 9.99. The number of amides is 1. The number of ether oxygens (including phenoxy) is 2. The Morgan fingerprint density at radius 1 is 1.02 bits per heavy atom. The van der Waals surface area contributed by atoms with Gasteiger partial charge in [-0.15, -0.1) is 0 Å². The molecule has 4 aromatic rings. The van der Waals surface area contributed by atoms with Gasteiger partial charge in [0.05, 0.1) is 23.1 Å². The second kappa shape index (κ2) is 14.3. The highest BCUT2D eigenvalue weighted by atomic mass is 32.2. The highest BCUT2D eigenvalue weighted by molar-refractivity contribution is 7.92. The maximum atomic E-state index is 13.8. The average molecular weight is 648 g/mol. The largest absolute Gasteiger partial charge is 0.488 e. The van der Waals surface area contributed by atoms with E-state index in [2.05, 4.69) is 9.62 Å². The molecule has 242 valence electrons. The van der Waals surface area contributed by atoms with Gasteiger partial charge in [-0.1, -0.05) is 37.3 Å². The van der Waals surface area contributed by atoms with Crippen molar-refractivity contribution in [3.05, 3.63) is 114 Å². The fourth-order valence-corrected chi connectivity index (χ4v) is 6.35. The van der Waals surface area contributed by atoms with Gasteiger partial charge in [0.1, 0.15) is 29.2 Å². The molecule has 1 aliphatic heterocycles. The van der Waals surface area contributed by atoms with E-state index in [4.69, 9.17) is 9.47 Å². The first-order valence-corrected chi connectivity index (χ1v) is 16.5. The van der Waals surface area contributed by atoms with Crippen LogP contribution in [-0.4, -0.2) is 68.1 Å². The molecule has 0 saturated carbocycles. The van der Waals surface area contributed by atoms with Gasteiger partial charge >= 0.3 is 0 Å². The summed E-state index contributed by atoms with van der Waals surface area (Å²) in [6.45, 7) is 5.05. The number of likely N-dealkylation sites (N-methyl/N-ethyl adjacent to an activating group) is 1. The van der Waals surface area contributed by atoms with Crippen molar-refractivity contribution >= 4 is 21.6 Å². The van der Waals surface area contributed by atoms with Gasteiger partial charge in [-0.05, 0) is 86.3 Å². The van der Waals surface area contributed by atoms with Gasteiger partial charge in [0.2, 0.25) is 0 Å². The predicted octanol–water partition coefficient (Wildman–Crippen LogP) is 5.77. The first kappa shape index (κ1) is 32.9. The second-order valence-corrected chi connectivity index (χ2v) is 13.3. The zero-order valence-electron chi connectivity index (χ0n) is 26.0. The van der Waals surface area contributed by atoms with Gasteiger partial charge in [0, 0.05) is 31.2 Å². The molecule has 1 amide bonds. The Hall–Kier alpha value is -4.45. The molecule has 0 unspecified atom stereocenters. The quantitative estimate of drug-likeness (QED) is 0.213. The number of rotatable bonds is 11. The number of sulfonamides is 1. The van der Waals surface area contributed by atoms with Crippen LogP contribution in [-0.2, 0) is 16.6 Å². The van der Waals surface area contributed by atoms with E-state index in [1.165, 1.54) is 24.3 Å². The molecule has 9 nitrogen and oxygen atoms in total. The van der Waals surface area contributed by atoms with Crippen molar-refractivity contribution in [2.24, 2.45) is 5.92 Å².